The van der Waals surface area contributed by atoms with Gasteiger partial charge in [-0.25, -0.2) is 4.98 Å². The van der Waals surface area contributed by atoms with Crippen molar-refractivity contribution in [1.29, 1.82) is 0 Å². The number of nitrogens with two attached hydrogens (primary N) is 2. The van der Waals surface area contributed by atoms with E-state index < -0.39 is 0 Å². The largest absolute Gasteiger partial charge is 0.375 e. The van der Waals surface area contributed by atoms with E-state index in [-0.39, 0.29) is 0 Å². The Labute approximate surface area is 63.2 Å². The van der Waals surface area contributed by atoms with Crippen molar-refractivity contribution in [3.63, 3.8) is 0 Å². The molecule has 1 rings (SSSR count). The van der Waals surface area contributed by atoms with E-state index in [2.05, 4.69) is 10.4 Å². The van der Waals surface area contributed by atoms with Crippen LogP contribution in [0.2, 0.25) is 0 Å². The summed E-state index contributed by atoms with van der Waals surface area (Å²) in [4.78, 5) is 5.06. The number of nitrogens with zero attached hydrogens (tertiary/aromatic N) is 1. The van der Waals surface area contributed by atoms with Crippen molar-refractivity contribution in [1.82, 2.24) is 10.4 Å². The van der Waals surface area contributed by atoms with E-state index in [1.165, 1.54) is 11.3 Å². The van der Waals surface area contributed by atoms with E-state index in [0.29, 0.717) is 5.13 Å². The number of rotatable bonds is 3. The molecule has 4 nitrogen and oxygen atoms in total. The first kappa shape index (κ1) is 7.46. The molecule has 0 aliphatic heterocycles. The zero-order valence-electron chi connectivity index (χ0n) is 5.50. The Hall–Kier alpha value is -0.650. The number of anilines is 1. The van der Waals surface area contributed by atoms with E-state index >= 15 is 0 Å². The van der Waals surface area contributed by atoms with Crippen molar-refractivity contribution in [2.75, 3.05) is 12.3 Å². The summed E-state index contributed by atoms with van der Waals surface area (Å²) in [5.41, 5.74) is 7.97. The van der Waals surface area contributed by atoms with Crippen LogP contribution >= 0.6 is 11.3 Å². The maximum Gasteiger partial charge on any atom is 0.180 e. The van der Waals surface area contributed by atoms with Gasteiger partial charge in [0.25, 0.3) is 0 Å². The van der Waals surface area contributed by atoms with Crippen LogP contribution in [0.5, 0.6) is 0 Å². The molecule has 1 heterocycles. The number of hydrazine groups is 1. The van der Waals surface area contributed by atoms with Crippen molar-refractivity contribution >= 4 is 16.5 Å². The highest BCUT2D eigenvalue weighted by Crippen LogP contribution is 2.13. The molecule has 0 radical (unpaired) electrons. The van der Waals surface area contributed by atoms with Crippen molar-refractivity contribution in [3.8, 4) is 0 Å². The van der Waals surface area contributed by atoms with E-state index in [4.69, 9.17) is 11.6 Å². The summed E-state index contributed by atoms with van der Waals surface area (Å²) in [7, 11) is 0. The molecule has 0 spiro atoms. The van der Waals surface area contributed by atoms with Gasteiger partial charge in [0, 0.05) is 17.6 Å². The molecule has 1 aromatic heterocycles. The second-order valence-electron chi connectivity index (χ2n) is 1.87. The summed E-state index contributed by atoms with van der Waals surface area (Å²) >= 11 is 1.50. The lowest BCUT2D eigenvalue weighted by atomic mass is 10.4. The Bertz CT molecular complexity index is 197. The predicted molar refractivity (Wildman–Crippen MR) is 42.4 cm³/mol. The molecule has 56 valence electrons. The monoisotopic (exact) mass is 158 g/mol. The Morgan fingerprint density at radius 1 is 1.70 bits per heavy atom. The lowest BCUT2D eigenvalue weighted by molar-refractivity contribution is 0.733. The minimum atomic E-state index is 0.618. The molecule has 0 unspecified atom stereocenters. The maximum absolute atomic E-state index is 5.41. The average molecular weight is 158 g/mol. The van der Waals surface area contributed by atoms with E-state index in [0.717, 1.165) is 17.8 Å². The number of hydrogen-bond donors (Lipinski definition) is 3. The van der Waals surface area contributed by atoms with Crippen LogP contribution in [0.3, 0.4) is 0 Å². The Balaban J connectivity index is 2.42. The summed E-state index contributed by atoms with van der Waals surface area (Å²) in [6.45, 7) is 0.766. The highest BCUT2D eigenvalue weighted by atomic mass is 32.1. The molecule has 0 saturated carbocycles. The van der Waals surface area contributed by atoms with Gasteiger partial charge < -0.3 is 5.73 Å². The molecule has 1 aromatic rings. The first-order chi connectivity index (χ1) is 4.83. The van der Waals surface area contributed by atoms with Gasteiger partial charge in [0.05, 0.1) is 0 Å². The predicted octanol–water partition coefficient (Wildman–Crippen LogP) is -0.269. The smallest absolute Gasteiger partial charge is 0.180 e. The van der Waals surface area contributed by atoms with Crippen LogP contribution in [0.1, 0.15) is 4.88 Å². The molecular formula is C5H10N4S. The van der Waals surface area contributed by atoms with E-state index in [1.807, 2.05) is 0 Å². The zero-order chi connectivity index (χ0) is 7.40. The normalized spacial score (nSPS) is 10.1. The molecule has 0 aromatic carbocycles. The molecular weight excluding hydrogens is 148 g/mol. The first-order valence-electron chi connectivity index (χ1n) is 2.96. The second-order valence-corrected chi connectivity index (χ2v) is 3.02. The van der Waals surface area contributed by atoms with E-state index in [1.54, 1.807) is 6.20 Å². The van der Waals surface area contributed by atoms with Crippen LogP contribution in [0.25, 0.3) is 0 Å². The first-order valence-corrected chi connectivity index (χ1v) is 3.78. The van der Waals surface area contributed by atoms with Gasteiger partial charge in [-0.15, -0.1) is 11.3 Å². The van der Waals surface area contributed by atoms with Gasteiger partial charge in [-0.3, -0.25) is 11.3 Å². The molecule has 0 aliphatic rings. The molecule has 0 bridgehead atoms. The molecule has 0 fully saturated rings. The van der Waals surface area contributed by atoms with Crippen LogP contribution < -0.4 is 17.0 Å². The lowest BCUT2D eigenvalue weighted by Gasteiger charge is -1.92. The summed E-state index contributed by atoms with van der Waals surface area (Å²) in [6.07, 6.45) is 2.67. The lowest BCUT2D eigenvalue weighted by Crippen LogP contribution is -2.24. The quantitative estimate of drug-likeness (QED) is 0.418. The fourth-order valence-electron chi connectivity index (χ4n) is 0.634. The van der Waals surface area contributed by atoms with E-state index in [9.17, 15) is 0 Å². The fourth-order valence-corrected chi connectivity index (χ4v) is 1.32. The van der Waals surface area contributed by atoms with Crippen LogP contribution in [0, 0.1) is 0 Å². The summed E-state index contributed by atoms with van der Waals surface area (Å²) < 4.78 is 0. The number of hydrogen-bond acceptors (Lipinski definition) is 5. The topological polar surface area (TPSA) is 77.0 Å². The molecule has 5 heteroatoms. The maximum atomic E-state index is 5.41. The van der Waals surface area contributed by atoms with Crippen molar-refractivity contribution in [2.24, 2.45) is 5.84 Å². The van der Waals surface area contributed by atoms with Crippen LogP contribution in [-0.4, -0.2) is 11.5 Å². The Kier molecular flexibility index (Phi) is 2.61. The van der Waals surface area contributed by atoms with Crippen molar-refractivity contribution in [3.05, 3.63) is 11.1 Å². The van der Waals surface area contributed by atoms with Gasteiger partial charge in [-0.05, 0) is 6.42 Å². The van der Waals surface area contributed by atoms with Crippen LogP contribution in [-0.2, 0) is 6.42 Å². The van der Waals surface area contributed by atoms with Gasteiger partial charge in [-0.2, -0.15) is 0 Å². The van der Waals surface area contributed by atoms with Gasteiger partial charge >= 0.3 is 0 Å². The summed E-state index contributed by atoms with van der Waals surface area (Å²) in [6, 6.07) is 0. The SMILES string of the molecule is NNCCc1cnc(N)s1. The molecule has 10 heavy (non-hydrogen) atoms. The van der Waals surface area contributed by atoms with Crippen molar-refractivity contribution in [2.45, 2.75) is 6.42 Å². The Morgan fingerprint density at radius 2 is 2.50 bits per heavy atom. The minimum absolute atomic E-state index is 0.618. The average Bonchev–Trinajstić information content (AvgIpc) is 2.31. The molecule has 0 amide bonds. The second kappa shape index (κ2) is 3.50. The van der Waals surface area contributed by atoms with Gasteiger partial charge in [0.2, 0.25) is 0 Å². The third kappa shape index (κ3) is 1.94. The van der Waals surface area contributed by atoms with Crippen LogP contribution in [0.4, 0.5) is 5.13 Å². The van der Waals surface area contributed by atoms with Gasteiger partial charge in [-0.1, -0.05) is 0 Å². The standard InChI is InChI=1S/C5H10N4S/c6-5-8-3-4(10-5)1-2-9-7/h3,9H,1-2,7H2,(H2,6,8). The minimum Gasteiger partial charge on any atom is -0.375 e. The number of nitrogen functional groups attached to an aromatic ring is 1. The third-order valence-electron chi connectivity index (χ3n) is 1.09. The summed E-state index contributed by atoms with van der Waals surface area (Å²) in [5, 5.41) is 0.618. The number of thiazole rings is 1. The van der Waals surface area contributed by atoms with Gasteiger partial charge in [0.1, 0.15) is 0 Å². The van der Waals surface area contributed by atoms with Crippen LogP contribution in [0.15, 0.2) is 6.20 Å². The molecule has 0 aliphatic carbocycles. The molecule has 0 saturated heterocycles. The highest BCUT2D eigenvalue weighted by Gasteiger charge is 1.95. The molecule has 0 atom stereocenters. The Morgan fingerprint density at radius 3 is 3.00 bits per heavy atom. The summed E-state index contributed by atoms with van der Waals surface area (Å²) in [5.74, 6) is 5.09. The zero-order valence-corrected chi connectivity index (χ0v) is 6.32. The number of nitrogens with one attached hydrogen (secondary N) is 1. The third-order valence-corrected chi connectivity index (χ3v) is 1.97. The fraction of sp³-hybridized carbons (Fsp3) is 0.400. The van der Waals surface area contributed by atoms with Crippen molar-refractivity contribution < 1.29 is 0 Å². The highest BCUT2D eigenvalue weighted by molar-refractivity contribution is 7.15. The molecule has 5 N–H and O–H groups in total. The van der Waals surface area contributed by atoms with Gasteiger partial charge in [0.15, 0.2) is 5.13 Å². The number of aromatic nitrogens is 1.